The number of hydrogen-bond acceptors (Lipinski definition) is 6. The van der Waals surface area contributed by atoms with Crippen LogP contribution in [0.2, 0.25) is 0 Å². The van der Waals surface area contributed by atoms with E-state index in [1.165, 1.54) is 12.3 Å². The number of carbonyl (C=O) groups excluding carboxylic acids is 1. The summed E-state index contributed by atoms with van der Waals surface area (Å²) in [4.78, 5) is 28.4. The third-order valence-electron chi connectivity index (χ3n) is 3.71. The molecule has 0 saturated heterocycles. The van der Waals surface area contributed by atoms with Crippen molar-refractivity contribution >= 4 is 24.3 Å². The lowest BCUT2D eigenvalue weighted by atomic mass is 10.1. The van der Waals surface area contributed by atoms with Crippen LogP contribution in [0.5, 0.6) is 11.5 Å². The SMILES string of the molecule is COc1cc(/C=N\NC(=O)Cc2cc(=O)[nH]c(=S)[nH]2)ccc1OCCC(C)C. The molecule has 0 unspecified atom stereocenters. The molecule has 0 aliphatic rings. The lowest BCUT2D eigenvalue weighted by Gasteiger charge is -2.12. The van der Waals surface area contributed by atoms with Crippen molar-refractivity contribution in [3.05, 3.63) is 50.6 Å². The molecule has 0 fully saturated rings. The number of H-pyrrole nitrogens is 2. The Bertz CT molecular complexity index is 921. The van der Waals surface area contributed by atoms with Crippen LogP contribution in [0, 0.1) is 10.7 Å². The first-order chi connectivity index (χ1) is 13.4. The number of ether oxygens (including phenoxy) is 2. The number of benzene rings is 1. The summed E-state index contributed by atoms with van der Waals surface area (Å²) < 4.78 is 11.3. The number of rotatable bonds is 9. The van der Waals surface area contributed by atoms with Gasteiger partial charge < -0.3 is 14.5 Å². The summed E-state index contributed by atoms with van der Waals surface area (Å²) >= 11 is 4.87. The molecule has 8 nitrogen and oxygen atoms in total. The fourth-order valence-electron chi connectivity index (χ4n) is 2.29. The van der Waals surface area contributed by atoms with Gasteiger partial charge in [-0.15, -0.1) is 0 Å². The predicted octanol–water partition coefficient (Wildman–Crippen LogP) is 2.56. The van der Waals surface area contributed by atoms with Crippen LogP contribution in [0.4, 0.5) is 0 Å². The van der Waals surface area contributed by atoms with Gasteiger partial charge >= 0.3 is 0 Å². The minimum absolute atomic E-state index is 0.0448. The number of hydrogen-bond donors (Lipinski definition) is 3. The van der Waals surface area contributed by atoms with Crippen molar-refractivity contribution in [1.82, 2.24) is 15.4 Å². The quantitative estimate of drug-likeness (QED) is 0.338. The fourth-order valence-corrected chi connectivity index (χ4v) is 2.53. The standard InChI is InChI=1S/C19H24N4O4S/c1-12(2)6-7-27-15-5-4-13(8-16(15)26-3)11-20-23-18(25)10-14-9-17(24)22-19(28)21-14/h4-5,8-9,11-12H,6-7,10H2,1-3H3,(H,23,25)(H2,21,22,24,28)/b20-11-. The number of nitrogens with one attached hydrogen (secondary N) is 3. The summed E-state index contributed by atoms with van der Waals surface area (Å²) in [7, 11) is 1.57. The zero-order chi connectivity index (χ0) is 20.5. The molecule has 150 valence electrons. The zero-order valence-electron chi connectivity index (χ0n) is 16.1. The van der Waals surface area contributed by atoms with E-state index in [4.69, 9.17) is 21.7 Å². The van der Waals surface area contributed by atoms with E-state index in [1.807, 2.05) is 6.07 Å². The molecule has 0 aliphatic heterocycles. The number of methoxy groups -OCH3 is 1. The maximum Gasteiger partial charge on any atom is 0.251 e. The van der Waals surface area contributed by atoms with Crippen molar-refractivity contribution < 1.29 is 14.3 Å². The molecule has 3 N–H and O–H groups in total. The Balaban J connectivity index is 1.94. The van der Waals surface area contributed by atoms with Gasteiger partial charge in [0.2, 0.25) is 5.91 Å². The Hall–Kier alpha value is -2.94. The molecule has 0 bridgehead atoms. The Labute approximate surface area is 168 Å². The van der Waals surface area contributed by atoms with Crippen LogP contribution in [0.3, 0.4) is 0 Å². The van der Waals surface area contributed by atoms with E-state index >= 15 is 0 Å². The summed E-state index contributed by atoms with van der Waals surface area (Å²) in [5, 5.41) is 3.93. The van der Waals surface area contributed by atoms with Crippen LogP contribution in [0.15, 0.2) is 34.2 Å². The number of hydrazone groups is 1. The molecular weight excluding hydrogens is 380 g/mol. The van der Waals surface area contributed by atoms with Crippen molar-refractivity contribution in [3.63, 3.8) is 0 Å². The highest BCUT2D eigenvalue weighted by Gasteiger charge is 2.06. The maximum absolute atomic E-state index is 11.9. The summed E-state index contributed by atoms with van der Waals surface area (Å²) in [5.41, 5.74) is 3.19. The molecule has 9 heteroatoms. The number of nitrogens with zero attached hydrogens (tertiary/aromatic N) is 1. The van der Waals surface area contributed by atoms with Crippen LogP contribution in [0.25, 0.3) is 0 Å². The van der Waals surface area contributed by atoms with Crippen molar-refractivity contribution in [3.8, 4) is 11.5 Å². The first-order valence-electron chi connectivity index (χ1n) is 8.82. The van der Waals surface area contributed by atoms with Crippen LogP contribution in [-0.4, -0.2) is 35.8 Å². The van der Waals surface area contributed by atoms with Crippen LogP contribution in [-0.2, 0) is 11.2 Å². The molecule has 0 atom stereocenters. The second-order valence-corrected chi connectivity index (χ2v) is 6.93. The van der Waals surface area contributed by atoms with Gasteiger partial charge in [-0.25, -0.2) is 5.43 Å². The van der Waals surface area contributed by atoms with Gasteiger partial charge in [0.05, 0.1) is 26.4 Å². The summed E-state index contributed by atoms with van der Waals surface area (Å²) in [5.74, 6) is 1.43. The van der Waals surface area contributed by atoms with E-state index in [1.54, 1.807) is 19.2 Å². The minimum Gasteiger partial charge on any atom is -0.493 e. The molecule has 1 aromatic carbocycles. The van der Waals surface area contributed by atoms with Crippen molar-refractivity contribution in [2.75, 3.05) is 13.7 Å². The van der Waals surface area contributed by atoms with Crippen LogP contribution < -0.4 is 20.5 Å². The molecule has 1 aromatic heterocycles. The number of aromatic amines is 2. The summed E-state index contributed by atoms with van der Waals surface area (Å²) in [6, 6.07) is 6.67. The Morgan fingerprint density at radius 2 is 2.07 bits per heavy atom. The van der Waals surface area contributed by atoms with E-state index in [9.17, 15) is 9.59 Å². The third-order valence-corrected chi connectivity index (χ3v) is 3.91. The maximum atomic E-state index is 11.9. The Kier molecular flexibility index (Phi) is 7.94. The van der Waals surface area contributed by atoms with Crippen molar-refractivity contribution in [1.29, 1.82) is 0 Å². The lowest BCUT2D eigenvalue weighted by molar-refractivity contribution is -0.120. The van der Waals surface area contributed by atoms with E-state index < -0.39 is 0 Å². The molecular formula is C19H24N4O4S. The third kappa shape index (κ3) is 6.99. The lowest BCUT2D eigenvalue weighted by Crippen LogP contribution is -2.21. The second-order valence-electron chi connectivity index (χ2n) is 6.52. The molecule has 0 saturated carbocycles. The Morgan fingerprint density at radius 1 is 1.29 bits per heavy atom. The van der Waals surface area contributed by atoms with E-state index in [0.717, 1.165) is 12.0 Å². The van der Waals surface area contributed by atoms with Gasteiger partial charge in [0.15, 0.2) is 16.3 Å². The summed E-state index contributed by atoms with van der Waals surface area (Å²) in [6.07, 6.45) is 2.41. The zero-order valence-corrected chi connectivity index (χ0v) is 16.9. The Morgan fingerprint density at radius 3 is 2.75 bits per heavy atom. The largest absolute Gasteiger partial charge is 0.493 e. The molecule has 0 radical (unpaired) electrons. The molecule has 2 rings (SSSR count). The smallest absolute Gasteiger partial charge is 0.251 e. The predicted molar refractivity (Wildman–Crippen MR) is 110 cm³/mol. The highest BCUT2D eigenvalue weighted by atomic mass is 32.1. The highest BCUT2D eigenvalue weighted by molar-refractivity contribution is 7.71. The molecule has 0 aliphatic carbocycles. The fraction of sp³-hybridized carbons (Fsp3) is 0.368. The van der Waals surface area contributed by atoms with Gasteiger partial charge in [-0.1, -0.05) is 13.8 Å². The average molecular weight is 404 g/mol. The molecule has 2 aromatic rings. The summed E-state index contributed by atoms with van der Waals surface area (Å²) in [6.45, 7) is 4.89. The molecule has 28 heavy (non-hydrogen) atoms. The molecule has 0 spiro atoms. The van der Waals surface area contributed by atoms with E-state index in [0.29, 0.717) is 29.7 Å². The highest BCUT2D eigenvalue weighted by Crippen LogP contribution is 2.27. The van der Waals surface area contributed by atoms with Gasteiger partial charge in [0.1, 0.15) is 0 Å². The van der Waals surface area contributed by atoms with Gasteiger partial charge in [-0.2, -0.15) is 5.10 Å². The van der Waals surface area contributed by atoms with Crippen molar-refractivity contribution in [2.24, 2.45) is 11.0 Å². The van der Waals surface area contributed by atoms with Crippen LogP contribution >= 0.6 is 12.2 Å². The van der Waals surface area contributed by atoms with Gasteiger partial charge in [0, 0.05) is 11.8 Å². The number of amides is 1. The molecule has 1 amide bonds. The van der Waals surface area contributed by atoms with Gasteiger partial charge in [0.25, 0.3) is 5.56 Å². The van der Waals surface area contributed by atoms with Gasteiger partial charge in [-0.3, -0.25) is 14.6 Å². The first-order valence-corrected chi connectivity index (χ1v) is 9.23. The van der Waals surface area contributed by atoms with E-state index in [2.05, 4.69) is 34.3 Å². The topological polar surface area (TPSA) is 109 Å². The average Bonchev–Trinajstić information content (AvgIpc) is 2.61. The monoisotopic (exact) mass is 404 g/mol. The van der Waals surface area contributed by atoms with Gasteiger partial charge in [-0.05, 0) is 48.3 Å². The number of carbonyl (C=O) groups is 1. The number of aromatic nitrogens is 2. The minimum atomic E-state index is -0.381. The second kappa shape index (κ2) is 10.4. The normalized spacial score (nSPS) is 11.0. The van der Waals surface area contributed by atoms with Crippen molar-refractivity contribution in [2.45, 2.75) is 26.7 Å². The van der Waals surface area contributed by atoms with Crippen LogP contribution in [0.1, 0.15) is 31.5 Å². The molecule has 1 heterocycles. The first kappa shape index (κ1) is 21.4. The van der Waals surface area contributed by atoms with E-state index in [-0.39, 0.29) is 22.7 Å².